The summed E-state index contributed by atoms with van der Waals surface area (Å²) in [5.41, 5.74) is 21.6. The zero-order chi connectivity index (χ0) is 22.3. The highest BCUT2D eigenvalue weighted by molar-refractivity contribution is 5.85. The summed E-state index contributed by atoms with van der Waals surface area (Å²) in [7, 11) is 0. The molecule has 0 radical (unpaired) electrons. The zero-order valence-corrected chi connectivity index (χ0v) is 18.0. The van der Waals surface area contributed by atoms with Gasteiger partial charge in [-0.05, 0) is 32.6 Å². The molecule has 0 aliphatic carbocycles. The molecule has 9 heteroatoms. The fraction of sp³-hybridized carbons (Fsp3) is 0.789. The number of nitrogens with one attached hydrogen (secondary N) is 1. The van der Waals surface area contributed by atoms with Gasteiger partial charge in [-0.1, -0.05) is 27.7 Å². The van der Waals surface area contributed by atoms with E-state index >= 15 is 0 Å². The van der Waals surface area contributed by atoms with Crippen LogP contribution in [-0.4, -0.2) is 48.6 Å². The molecular weight excluding hydrogens is 360 g/mol. The molecule has 0 aliphatic heterocycles. The monoisotopic (exact) mass is 400 g/mol. The fourth-order valence-corrected chi connectivity index (χ4v) is 2.24. The van der Waals surface area contributed by atoms with Gasteiger partial charge in [-0.2, -0.15) is 0 Å². The van der Waals surface area contributed by atoms with Crippen LogP contribution in [0.4, 0.5) is 4.79 Å². The van der Waals surface area contributed by atoms with Gasteiger partial charge in [0.1, 0.15) is 0 Å². The van der Waals surface area contributed by atoms with E-state index in [2.05, 4.69) is 10.3 Å². The molecule has 0 saturated carbocycles. The van der Waals surface area contributed by atoms with Gasteiger partial charge in [0.2, 0.25) is 0 Å². The molecular formula is C19H40N6O3. The third-order valence-corrected chi connectivity index (χ3v) is 3.89. The van der Waals surface area contributed by atoms with E-state index in [0.717, 1.165) is 6.42 Å². The van der Waals surface area contributed by atoms with Crippen molar-refractivity contribution in [3.8, 4) is 0 Å². The number of ketones is 2. The largest absolute Gasteiger partial charge is 0.388 e. The number of carbonyl (C=O) groups is 3. The Morgan fingerprint density at radius 1 is 0.857 bits per heavy atom. The topological polar surface area (TPSA) is 180 Å². The van der Waals surface area contributed by atoms with Gasteiger partial charge in [0.25, 0.3) is 0 Å². The van der Waals surface area contributed by atoms with Gasteiger partial charge in [-0.25, -0.2) is 4.79 Å². The van der Waals surface area contributed by atoms with Crippen LogP contribution in [0.3, 0.4) is 0 Å². The minimum atomic E-state index is -0.547. The molecule has 164 valence electrons. The highest BCUT2D eigenvalue weighted by atomic mass is 16.2. The second kappa shape index (κ2) is 16.0. The Kier molecular flexibility index (Phi) is 16.1. The van der Waals surface area contributed by atoms with Gasteiger partial charge in [-0.3, -0.25) is 14.6 Å². The van der Waals surface area contributed by atoms with Crippen LogP contribution in [-0.2, 0) is 9.59 Å². The molecule has 0 aliphatic rings. The number of hydrogen-bond donors (Lipinski definition) is 5. The number of urea groups is 1. The van der Waals surface area contributed by atoms with Crippen molar-refractivity contribution in [1.82, 2.24) is 5.32 Å². The second-order valence-corrected chi connectivity index (χ2v) is 7.43. The maximum absolute atomic E-state index is 11.4. The summed E-state index contributed by atoms with van der Waals surface area (Å²) in [6.45, 7) is 10.2. The van der Waals surface area contributed by atoms with Crippen molar-refractivity contribution < 1.29 is 14.4 Å². The summed E-state index contributed by atoms with van der Waals surface area (Å²) >= 11 is 0. The van der Waals surface area contributed by atoms with Crippen LogP contribution in [0.25, 0.3) is 0 Å². The Labute approximate surface area is 169 Å². The van der Waals surface area contributed by atoms with Crippen molar-refractivity contribution >= 4 is 23.4 Å². The van der Waals surface area contributed by atoms with Crippen LogP contribution in [0, 0.1) is 11.8 Å². The van der Waals surface area contributed by atoms with Crippen molar-refractivity contribution in [2.45, 2.75) is 72.4 Å². The molecule has 0 heterocycles. The molecule has 28 heavy (non-hydrogen) atoms. The standard InChI is InChI=1S/C10H21N3O.C9H19N3O2/c1-7(2)10(14)9(12)5-4-6-13-8(3)11;1-6(2)8(13)7(10)4-3-5-12-9(11)14/h7,9H,4-6,12H2,1-3H3,(H2,11,13);6-7H,3-5,10H2,1-2H3,(H3,11,12,14)/t9-;7-/m10/s1. The Morgan fingerprint density at radius 2 is 1.29 bits per heavy atom. The maximum atomic E-state index is 11.4. The van der Waals surface area contributed by atoms with Gasteiger partial charge in [0.15, 0.2) is 11.6 Å². The Balaban J connectivity index is 0. The molecule has 9 nitrogen and oxygen atoms in total. The normalized spacial score (nSPS) is 13.5. The fourth-order valence-electron chi connectivity index (χ4n) is 2.24. The number of nitrogens with two attached hydrogens (primary N) is 4. The maximum Gasteiger partial charge on any atom is 0.312 e. The van der Waals surface area contributed by atoms with Crippen LogP contribution >= 0.6 is 0 Å². The third-order valence-electron chi connectivity index (χ3n) is 3.89. The molecule has 0 fully saturated rings. The smallest absolute Gasteiger partial charge is 0.312 e. The number of rotatable bonds is 12. The second-order valence-electron chi connectivity index (χ2n) is 7.43. The Morgan fingerprint density at radius 3 is 1.64 bits per heavy atom. The Hall–Kier alpha value is -2.00. The summed E-state index contributed by atoms with van der Waals surface area (Å²) in [5.74, 6) is 0.745. The average molecular weight is 401 g/mol. The van der Waals surface area contributed by atoms with E-state index in [1.807, 2.05) is 27.7 Å². The van der Waals surface area contributed by atoms with Gasteiger partial charge < -0.3 is 28.3 Å². The molecule has 0 aromatic rings. The summed E-state index contributed by atoms with van der Waals surface area (Å²) < 4.78 is 0. The molecule has 0 rings (SSSR count). The molecule has 2 atom stereocenters. The quantitative estimate of drug-likeness (QED) is 0.182. The lowest BCUT2D eigenvalue weighted by molar-refractivity contribution is -0.124. The van der Waals surface area contributed by atoms with Crippen molar-refractivity contribution in [1.29, 1.82) is 0 Å². The van der Waals surface area contributed by atoms with Gasteiger partial charge >= 0.3 is 6.03 Å². The van der Waals surface area contributed by atoms with E-state index in [1.54, 1.807) is 6.92 Å². The molecule has 0 aromatic heterocycles. The molecule has 0 bridgehead atoms. The SMILES string of the molecule is CC(C)C(=O)[C@@H](N)CCCNC(N)=O.CC(N)=NCCC[C@@H](N)C(=O)C(C)C. The molecule has 9 N–H and O–H groups in total. The minimum Gasteiger partial charge on any atom is -0.388 e. The Bertz CT molecular complexity index is 502. The van der Waals surface area contributed by atoms with Crippen molar-refractivity contribution in [3.63, 3.8) is 0 Å². The first-order chi connectivity index (χ1) is 12.9. The predicted octanol–water partition coefficient (Wildman–Crippen LogP) is 0.683. The third kappa shape index (κ3) is 16.2. The first-order valence-corrected chi connectivity index (χ1v) is 9.78. The molecule has 0 aromatic carbocycles. The number of aliphatic imine (C=N–C) groups is 1. The van der Waals surface area contributed by atoms with Crippen molar-refractivity contribution in [2.75, 3.05) is 13.1 Å². The lowest BCUT2D eigenvalue weighted by atomic mass is 9.99. The van der Waals surface area contributed by atoms with Crippen molar-refractivity contribution in [2.24, 2.45) is 39.8 Å². The first kappa shape index (κ1) is 28.2. The number of Topliss-reactive ketones (excluding diaryl/α,β-unsaturated/α-hetero) is 2. The summed E-state index contributed by atoms with van der Waals surface area (Å²) in [6, 6.07) is -1.32. The van der Waals surface area contributed by atoms with E-state index in [0.29, 0.717) is 38.2 Å². The highest BCUT2D eigenvalue weighted by Crippen LogP contribution is 2.04. The molecule has 0 saturated heterocycles. The van der Waals surface area contributed by atoms with E-state index in [1.165, 1.54) is 0 Å². The molecule has 0 unspecified atom stereocenters. The van der Waals surface area contributed by atoms with E-state index in [4.69, 9.17) is 22.9 Å². The number of carbonyl (C=O) groups excluding carboxylic acids is 3. The number of primary amides is 1. The van der Waals surface area contributed by atoms with E-state index in [-0.39, 0.29) is 29.4 Å². The number of amidine groups is 1. The van der Waals surface area contributed by atoms with Crippen LogP contribution < -0.4 is 28.3 Å². The van der Waals surface area contributed by atoms with E-state index in [9.17, 15) is 14.4 Å². The molecule has 0 spiro atoms. The summed E-state index contributed by atoms with van der Waals surface area (Å²) in [6.07, 6.45) is 2.75. The van der Waals surface area contributed by atoms with Crippen LogP contribution in [0.2, 0.25) is 0 Å². The average Bonchev–Trinajstić information content (AvgIpc) is 2.60. The minimum absolute atomic E-state index is 0.0183. The van der Waals surface area contributed by atoms with Crippen LogP contribution in [0.15, 0.2) is 4.99 Å². The van der Waals surface area contributed by atoms with Gasteiger partial charge in [0.05, 0.1) is 17.9 Å². The van der Waals surface area contributed by atoms with Gasteiger partial charge in [-0.15, -0.1) is 0 Å². The summed E-state index contributed by atoms with van der Waals surface area (Å²) in [5, 5.41) is 2.44. The molecule has 2 amide bonds. The number of amides is 2. The number of hydrogen-bond acceptors (Lipinski definition) is 6. The summed E-state index contributed by atoms with van der Waals surface area (Å²) in [4.78, 5) is 37.0. The van der Waals surface area contributed by atoms with Crippen LogP contribution in [0.5, 0.6) is 0 Å². The number of nitrogens with zero attached hydrogens (tertiary/aromatic N) is 1. The highest BCUT2D eigenvalue weighted by Gasteiger charge is 2.16. The van der Waals surface area contributed by atoms with Gasteiger partial charge in [0, 0.05) is 24.9 Å². The first-order valence-electron chi connectivity index (χ1n) is 9.78. The predicted molar refractivity (Wildman–Crippen MR) is 114 cm³/mol. The van der Waals surface area contributed by atoms with Crippen molar-refractivity contribution in [3.05, 3.63) is 0 Å². The van der Waals surface area contributed by atoms with Crippen LogP contribution in [0.1, 0.15) is 60.3 Å². The zero-order valence-electron chi connectivity index (χ0n) is 18.0. The lowest BCUT2D eigenvalue weighted by Crippen LogP contribution is -2.35. The lowest BCUT2D eigenvalue weighted by Gasteiger charge is -2.12. The van der Waals surface area contributed by atoms with E-state index < -0.39 is 12.1 Å².